The first-order chi connectivity index (χ1) is 15.1. The molecule has 0 saturated heterocycles. The van der Waals surface area contributed by atoms with Crippen molar-refractivity contribution < 1.29 is 5.11 Å². The highest BCUT2D eigenvalue weighted by Crippen LogP contribution is 2.28. The second-order valence-electron chi connectivity index (χ2n) is 6.94. The normalized spacial score (nSPS) is 10.6. The Morgan fingerprint density at radius 3 is 1.94 bits per heavy atom. The van der Waals surface area contributed by atoms with Crippen LogP contribution in [-0.2, 0) is 6.42 Å². The molecule has 3 heteroatoms. The zero-order valence-electron chi connectivity index (χ0n) is 19.6. The molecule has 31 heavy (non-hydrogen) atoms. The molecule has 1 heterocycles. The van der Waals surface area contributed by atoms with Crippen molar-refractivity contribution in [3.63, 3.8) is 0 Å². The predicted octanol–water partition coefficient (Wildman–Crippen LogP) is 7.88. The van der Waals surface area contributed by atoms with Crippen LogP contribution in [0.5, 0.6) is 0 Å². The number of aryl methyl sites for hydroxylation is 1. The van der Waals surface area contributed by atoms with Crippen LogP contribution in [0.3, 0.4) is 0 Å². The Bertz CT molecular complexity index is 893. The predicted molar refractivity (Wildman–Crippen MR) is 139 cm³/mol. The molecule has 0 spiro atoms. The van der Waals surface area contributed by atoms with E-state index in [-0.39, 0.29) is 6.04 Å². The smallest absolute Gasteiger partial charge is 0.0814 e. The molecule has 1 aromatic heterocycles. The molecule has 0 fully saturated rings. The van der Waals surface area contributed by atoms with E-state index in [0.717, 1.165) is 30.4 Å². The third-order valence-corrected chi connectivity index (χ3v) is 5.64. The number of hydrogen-bond acceptors (Lipinski definition) is 3. The quantitative estimate of drug-likeness (QED) is 0.353. The van der Waals surface area contributed by atoms with Crippen LogP contribution in [0.2, 0.25) is 0 Å². The van der Waals surface area contributed by atoms with Gasteiger partial charge < -0.3 is 10.4 Å². The monoisotopic (exact) mass is 435 g/mol. The van der Waals surface area contributed by atoms with E-state index in [4.69, 9.17) is 5.11 Å². The topological polar surface area (TPSA) is 32.3 Å². The average molecular weight is 436 g/mol. The number of benzene rings is 2. The fraction of sp³-hybridized carbons (Fsp3) is 0.286. The van der Waals surface area contributed by atoms with Crippen molar-refractivity contribution in [3.8, 4) is 11.1 Å². The zero-order valence-corrected chi connectivity index (χ0v) is 20.4. The Morgan fingerprint density at radius 2 is 1.48 bits per heavy atom. The maximum absolute atomic E-state index is 7.00. The molecule has 3 aromatic rings. The lowest BCUT2D eigenvalue weighted by molar-refractivity contribution is 0.399. The Labute approximate surface area is 193 Å². The van der Waals surface area contributed by atoms with E-state index in [0.29, 0.717) is 0 Å². The molecule has 0 aliphatic heterocycles. The van der Waals surface area contributed by atoms with Gasteiger partial charge >= 0.3 is 0 Å². The first kappa shape index (κ1) is 26.4. The summed E-state index contributed by atoms with van der Waals surface area (Å²) in [5, 5.41) is 12.6. The minimum atomic E-state index is 0.100. The summed E-state index contributed by atoms with van der Waals surface area (Å²) in [5.74, 6) is 0. The highest BCUT2D eigenvalue weighted by atomic mass is 32.1. The van der Waals surface area contributed by atoms with Crippen molar-refractivity contribution in [2.24, 2.45) is 0 Å². The van der Waals surface area contributed by atoms with Crippen molar-refractivity contribution in [2.75, 3.05) is 7.11 Å². The molecule has 166 valence electrons. The summed E-state index contributed by atoms with van der Waals surface area (Å²) in [5.41, 5.74) is 6.98. The first-order valence-electron chi connectivity index (χ1n) is 10.9. The summed E-state index contributed by atoms with van der Waals surface area (Å²) >= 11 is 1.74. The van der Waals surface area contributed by atoms with E-state index < -0.39 is 0 Å². The fourth-order valence-electron chi connectivity index (χ4n) is 3.17. The van der Waals surface area contributed by atoms with Gasteiger partial charge in [0.15, 0.2) is 0 Å². The van der Waals surface area contributed by atoms with Gasteiger partial charge in [-0.05, 0) is 47.0 Å². The number of thiophene rings is 1. The lowest BCUT2D eigenvalue weighted by atomic mass is 10.0. The highest BCUT2D eigenvalue weighted by molar-refractivity contribution is 7.10. The van der Waals surface area contributed by atoms with Gasteiger partial charge in [-0.25, -0.2) is 0 Å². The van der Waals surface area contributed by atoms with Crippen LogP contribution in [-0.4, -0.2) is 12.2 Å². The minimum Gasteiger partial charge on any atom is -0.400 e. The number of hydrogen-bond donors (Lipinski definition) is 2. The molecule has 1 atom stereocenters. The van der Waals surface area contributed by atoms with Crippen molar-refractivity contribution in [2.45, 2.75) is 46.6 Å². The minimum absolute atomic E-state index is 0.100. The molecule has 2 N–H and O–H groups in total. The van der Waals surface area contributed by atoms with Crippen LogP contribution in [0.25, 0.3) is 16.8 Å². The molecule has 0 aliphatic rings. The maximum Gasteiger partial charge on any atom is 0.0814 e. The third-order valence-electron chi connectivity index (χ3n) is 4.70. The van der Waals surface area contributed by atoms with Crippen molar-refractivity contribution in [3.05, 3.63) is 101 Å². The Kier molecular flexibility index (Phi) is 12.3. The Balaban J connectivity index is 0.00000113. The molecular formula is C28H37NOS. The standard InChI is InChI=1S/C25H27NS.C2H6.CH4O/c1-5-7-20-9-11-22(12-10-20)23-15-13-21(14-16-23)19(4)26-25(18(2)3)24-8-6-17-27-24;2*1-2/h6,8-17,25-26H,2,4-5,7H2,1,3H3;1-2H3;2H,1H3. The molecular weight excluding hydrogens is 398 g/mol. The van der Waals surface area contributed by atoms with Crippen LogP contribution in [0.4, 0.5) is 0 Å². The van der Waals surface area contributed by atoms with Crippen molar-refractivity contribution in [1.29, 1.82) is 0 Å². The molecule has 2 aromatic carbocycles. The molecule has 1 unspecified atom stereocenters. The van der Waals surface area contributed by atoms with E-state index in [1.165, 1.54) is 28.0 Å². The number of nitrogens with one attached hydrogen (secondary N) is 1. The van der Waals surface area contributed by atoms with Gasteiger partial charge in [0.2, 0.25) is 0 Å². The third kappa shape index (κ3) is 7.86. The fourth-order valence-corrected chi connectivity index (χ4v) is 4.03. The van der Waals surface area contributed by atoms with Gasteiger partial charge in [-0.1, -0.05) is 101 Å². The van der Waals surface area contributed by atoms with E-state index in [9.17, 15) is 0 Å². The van der Waals surface area contributed by atoms with Crippen LogP contribution < -0.4 is 5.32 Å². The van der Waals surface area contributed by atoms with Gasteiger partial charge in [-0.15, -0.1) is 11.3 Å². The second-order valence-corrected chi connectivity index (χ2v) is 7.92. The van der Waals surface area contributed by atoms with E-state index in [2.05, 4.69) is 98.4 Å². The average Bonchev–Trinajstić information content (AvgIpc) is 3.35. The molecule has 0 amide bonds. The Morgan fingerprint density at radius 1 is 0.935 bits per heavy atom. The zero-order chi connectivity index (χ0) is 23.2. The van der Waals surface area contributed by atoms with E-state index in [1.807, 2.05) is 13.8 Å². The lowest BCUT2D eigenvalue weighted by Gasteiger charge is -2.21. The van der Waals surface area contributed by atoms with E-state index >= 15 is 0 Å². The van der Waals surface area contributed by atoms with Gasteiger partial charge in [0.05, 0.1) is 6.04 Å². The van der Waals surface area contributed by atoms with Gasteiger partial charge in [0.25, 0.3) is 0 Å². The van der Waals surface area contributed by atoms with Gasteiger partial charge in [0.1, 0.15) is 0 Å². The molecule has 0 radical (unpaired) electrons. The maximum atomic E-state index is 7.00. The number of aliphatic hydroxyl groups is 1. The first-order valence-corrected chi connectivity index (χ1v) is 11.7. The van der Waals surface area contributed by atoms with Crippen molar-refractivity contribution in [1.82, 2.24) is 5.32 Å². The van der Waals surface area contributed by atoms with Crippen LogP contribution in [0.1, 0.15) is 56.2 Å². The van der Waals surface area contributed by atoms with Crippen LogP contribution in [0, 0.1) is 0 Å². The molecule has 0 bridgehead atoms. The highest BCUT2D eigenvalue weighted by Gasteiger charge is 2.14. The van der Waals surface area contributed by atoms with Gasteiger partial charge in [-0.2, -0.15) is 0 Å². The van der Waals surface area contributed by atoms with Crippen molar-refractivity contribution >= 4 is 17.0 Å². The lowest BCUT2D eigenvalue weighted by Crippen LogP contribution is -2.19. The molecule has 0 saturated carbocycles. The molecule has 2 nitrogen and oxygen atoms in total. The molecule has 3 rings (SSSR count). The van der Waals surface area contributed by atoms with E-state index in [1.54, 1.807) is 11.3 Å². The van der Waals surface area contributed by atoms with Crippen LogP contribution in [0.15, 0.2) is 84.8 Å². The summed E-state index contributed by atoms with van der Waals surface area (Å²) in [4.78, 5) is 1.26. The number of aliphatic hydroxyl groups excluding tert-OH is 1. The molecule has 0 aliphatic carbocycles. The second kappa shape index (κ2) is 14.4. The summed E-state index contributed by atoms with van der Waals surface area (Å²) in [7, 11) is 1.00. The van der Waals surface area contributed by atoms with Gasteiger partial charge in [-0.3, -0.25) is 0 Å². The summed E-state index contributed by atoms with van der Waals surface area (Å²) in [6.45, 7) is 16.6. The SMILES string of the molecule is C=C(NC(C(=C)C)c1cccs1)c1ccc(-c2ccc(CCC)cc2)cc1.CC.CO. The van der Waals surface area contributed by atoms with Gasteiger partial charge in [0, 0.05) is 17.7 Å². The van der Waals surface area contributed by atoms with Crippen LogP contribution >= 0.6 is 11.3 Å². The Hall–Kier alpha value is -2.62. The number of rotatable bonds is 8. The summed E-state index contributed by atoms with van der Waals surface area (Å²) in [6, 6.07) is 21.8. The summed E-state index contributed by atoms with van der Waals surface area (Å²) < 4.78 is 0. The largest absolute Gasteiger partial charge is 0.400 e. The summed E-state index contributed by atoms with van der Waals surface area (Å²) in [6.07, 6.45) is 2.32.